The van der Waals surface area contributed by atoms with E-state index in [4.69, 9.17) is 9.47 Å². The zero-order chi connectivity index (χ0) is 20.1. The van der Waals surface area contributed by atoms with Gasteiger partial charge in [0, 0.05) is 39.5 Å². The summed E-state index contributed by atoms with van der Waals surface area (Å²) in [5.74, 6) is 1.89. The van der Waals surface area contributed by atoms with Gasteiger partial charge in [-0.1, -0.05) is 18.2 Å². The van der Waals surface area contributed by atoms with Crippen molar-refractivity contribution in [2.75, 3.05) is 39.9 Å². The third-order valence-electron chi connectivity index (χ3n) is 5.45. The van der Waals surface area contributed by atoms with E-state index >= 15 is 0 Å². The van der Waals surface area contributed by atoms with Crippen LogP contribution in [-0.4, -0.2) is 81.9 Å². The first kappa shape index (κ1) is 19.8. The van der Waals surface area contributed by atoms with Gasteiger partial charge in [0.05, 0.1) is 26.3 Å². The number of hydrogen-bond acceptors (Lipinski definition) is 7. The van der Waals surface area contributed by atoms with Crippen molar-refractivity contribution in [3.63, 3.8) is 0 Å². The summed E-state index contributed by atoms with van der Waals surface area (Å²) < 4.78 is 13.1. The molecule has 2 aromatic rings. The molecule has 2 aliphatic rings. The Kier molecular flexibility index (Phi) is 6.36. The lowest BCUT2D eigenvalue weighted by Gasteiger charge is -2.25. The smallest absolute Gasteiger partial charge is 0.222 e. The van der Waals surface area contributed by atoms with Crippen LogP contribution in [0.4, 0.5) is 0 Å². The molecule has 0 spiro atoms. The molecule has 1 atom stereocenters. The van der Waals surface area contributed by atoms with Crippen LogP contribution >= 0.6 is 0 Å². The first-order valence-corrected chi connectivity index (χ1v) is 10.2. The number of likely N-dealkylation sites (N-methyl/N-ethyl adjacent to an activating group) is 1. The largest absolute Gasteiger partial charge is 0.488 e. The minimum atomic E-state index is 0.0287. The van der Waals surface area contributed by atoms with Crippen molar-refractivity contribution in [1.29, 1.82) is 0 Å². The number of amides is 1. The number of benzene rings is 1. The van der Waals surface area contributed by atoms with E-state index in [1.54, 1.807) is 9.58 Å². The Morgan fingerprint density at radius 2 is 2.10 bits per heavy atom. The lowest BCUT2D eigenvalue weighted by molar-refractivity contribution is -0.131. The third kappa shape index (κ3) is 5.10. The molecule has 9 heteroatoms. The van der Waals surface area contributed by atoms with Gasteiger partial charge in [-0.2, -0.15) is 0 Å². The minimum absolute atomic E-state index is 0.0287. The van der Waals surface area contributed by atoms with Crippen molar-refractivity contribution in [3.8, 4) is 5.75 Å². The first-order chi connectivity index (χ1) is 14.2. The van der Waals surface area contributed by atoms with Crippen LogP contribution in [0.5, 0.6) is 5.75 Å². The van der Waals surface area contributed by atoms with Crippen molar-refractivity contribution in [3.05, 3.63) is 35.7 Å². The molecule has 3 heterocycles. The van der Waals surface area contributed by atoms with Gasteiger partial charge in [-0.3, -0.25) is 9.69 Å². The summed E-state index contributed by atoms with van der Waals surface area (Å²) in [6, 6.07) is 8.06. The van der Waals surface area contributed by atoms with Gasteiger partial charge in [0.25, 0.3) is 0 Å². The number of rotatable bonds is 8. The second-order valence-corrected chi connectivity index (χ2v) is 7.64. The number of tetrazole rings is 1. The van der Waals surface area contributed by atoms with Gasteiger partial charge in [-0.15, -0.1) is 5.10 Å². The predicted molar refractivity (Wildman–Crippen MR) is 105 cm³/mol. The fourth-order valence-electron chi connectivity index (χ4n) is 3.80. The second kappa shape index (κ2) is 9.32. The molecule has 2 aliphatic heterocycles. The molecule has 29 heavy (non-hydrogen) atoms. The summed E-state index contributed by atoms with van der Waals surface area (Å²) in [4.78, 5) is 16.6. The van der Waals surface area contributed by atoms with E-state index in [1.165, 1.54) is 5.56 Å². The number of carbonyl (C=O) groups excluding carboxylic acids is 1. The first-order valence-electron chi connectivity index (χ1n) is 10.2. The quantitative estimate of drug-likeness (QED) is 0.646. The van der Waals surface area contributed by atoms with Crippen LogP contribution in [-0.2, 0) is 29.0 Å². The molecule has 0 aliphatic carbocycles. The van der Waals surface area contributed by atoms with Crippen LogP contribution in [0.2, 0.25) is 0 Å². The van der Waals surface area contributed by atoms with E-state index in [2.05, 4.69) is 26.5 Å². The Morgan fingerprint density at radius 3 is 2.93 bits per heavy atom. The maximum absolute atomic E-state index is 12.5. The van der Waals surface area contributed by atoms with Crippen molar-refractivity contribution < 1.29 is 14.3 Å². The summed E-state index contributed by atoms with van der Waals surface area (Å²) in [6.07, 6.45) is 2.05. The average molecular weight is 400 g/mol. The Morgan fingerprint density at radius 1 is 1.28 bits per heavy atom. The number of nitrogens with zero attached hydrogens (tertiary/aromatic N) is 6. The summed E-state index contributed by atoms with van der Waals surface area (Å²) in [7, 11) is 1.84. The van der Waals surface area contributed by atoms with Gasteiger partial charge in [0.2, 0.25) is 5.91 Å². The van der Waals surface area contributed by atoms with Crippen LogP contribution in [0.25, 0.3) is 0 Å². The zero-order valence-electron chi connectivity index (χ0n) is 16.9. The standard InChI is InChI=1S/C20H28N6O3/c1-24(14-17-13-16-5-2-3-6-18(16)29-17)20(27)7-4-8-26-19(21-22-23-26)15-25-9-11-28-12-10-25/h2-3,5-6,17H,4,7-15H2,1H3. The van der Waals surface area contributed by atoms with Crippen LogP contribution < -0.4 is 4.74 Å². The number of fused-ring (bicyclic) bond motifs is 1. The highest BCUT2D eigenvalue weighted by molar-refractivity contribution is 5.75. The molecule has 1 fully saturated rings. The Balaban J connectivity index is 1.20. The maximum atomic E-state index is 12.5. The van der Waals surface area contributed by atoms with Crippen molar-refractivity contribution in [2.45, 2.75) is 38.5 Å². The number of morpholine rings is 1. The van der Waals surface area contributed by atoms with Crippen LogP contribution in [0.3, 0.4) is 0 Å². The topological polar surface area (TPSA) is 85.6 Å². The number of hydrogen-bond donors (Lipinski definition) is 0. The van der Waals surface area contributed by atoms with Gasteiger partial charge < -0.3 is 14.4 Å². The van der Waals surface area contributed by atoms with E-state index in [-0.39, 0.29) is 12.0 Å². The number of carbonyl (C=O) groups is 1. The van der Waals surface area contributed by atoms with Crippen LogP contribution in [0.1, 0.15) is 24.2 Å². The zero-order valence-corrected chi connectivity index (χ0v) is 16.9. The monoisotopic (exact) mass is 400 g/mol. The molecule has 9 nitrogen and oxygen atoms in total. The number of ether oxygens (including phenoxy) is 2. The lowest BCUT2D eigenvalue weighted by atomic mass is 10.1. The maximum Gasteiger partial charge on any atom is 0.222 e. The number of para-hydroxylation sites is 1. The van der Waals surface area contributed by atoms with E-state index in [0.29, 0.717) is 32.5 Å². The molecular weight excluding hydrogens is 372 g/mol. The van der Waals surface area contributed by atoms with Gasteiger partial charge in [-0.05, 0) is 28.5 Å². The predicted octanol–water partition coefficient (Wildman–Crippen LogP) is 0.748. The molecule has 4 rings (SSSR count). The van der Waals surface area contributed by atoms with E-state index in [0.717, 1.165) is 44.3 Å². The van der Waals surface area contributed by atoms with Crippen molar-refractivity contribution >= 4 is 5.91 Å². The Hall–Kier alpha value is -2.52. The third-order valence-corrected chi connectivity index (χ3v) is 5.45. The molecule has 1 unspecified atom stereocenters. The van der Waals surface area contributed by atoms with Gasteiger partial charge in [-0.25, -0.2) is 4.68 Å². The van der Waals surface area contributed by atoms with Crippen LogP contribution in [0.15, 0.2) is 24.3 Å². The van der Waals surface area contributed by atoms with Crippen molar-refractivity contribution in [1.82, 2.24) is 30.0 Å². The molecule has 156 valence electrons. The van der Waals surface area contributed by atoms with Crippen LogP contribution in [0, 0.1) is 0 Å². The van der Waals surface area contributed by atoms with Crippen molar-refractivity contribution in [2.24, 2.45) is 0 Å². The molecular formula is C20H28N6O3. The Labute approximate surface area is 170 Å². The van der Waals surface area contributed by atoms with E-state index in [9.17, 15) is 4.79 Å². The molecule has 0 bridgehead atoms. The highest BCUT2D eigenvalue weighted by Crippen LogP contribution is 2.28. The number of aromatic nitrogens is 4. The summed E-state index contributed by atoms with van der Waals surface area (Å²) >= 11 is 0. The summed E-state index contributed by atoms with van der Waals surface area (Å²) in [5.41, 5.74) is 1.21. The molecule has 0 N–H and O–H groups in total. The van der Waals surface area contributed by atoms with E-state index in [1.807, 2.05) is 25.2 Å². The van der Waals surface area contributed by atoms with E-state index < -0.39 is 0 Å². The molecule has 1 saturated heterocycles. The fraction of sp³-hybridized carbons (Fsp3) is 0.600. The lowest BCUT2D eigenvalue weighted by Crippen LogP contribution is -2.37. The summed E-state index contributed by atoms with van der Waals surface area (Å²) in [5, 5.41) is 12.0. The number of aryl methyl sites for hydroxylation is 1. The summed E-state index contributed by atoms with van der Waals surface area (Å²) in [6.45, 7) is 5.23. The molecule has 1 aromatic carbocycles. The normalized spacial score (nSPS) is 19.0. The SMILES string of the molecule is CN(CC1Cc2ccccc2O1)C(=O)CCCn1nnnc1CN1CCOCC1. The highest BCUT2D eigenvalue weighted by Gasteiger charge is 2.25. The average Bonchev–Trinajstić information content (AvgIpc) is 3.34. The fourth-order valence-corrected chi connectivity index (χ4v) is 3.80. The highest BCUT2D eigenvalue weighted by atomic mass is 16.5. The minimum Gasteiger partial charge on any atom is -0.488 e. The Bertz CT molecular complexity index is 795. The molecule has 1 amide bonds. The molecule has 1 aromatic heterocycles. The van der Waals surface area contributed by atoms with Gasteiger partial charge in [0.1, 0.15) is 11.9 Å². The van der Waals surface area contributed by atoms with Gasteiger partial charge >= 0.3 is 0 Å². The molecule has 0 saturated carbocycles. The second-order valence-electron chi connectivity index (χ2n) is 7.64. The molecule has 0 radical (unpaired) electrons. The van der Waals surface area contributed by atoms with Gasteiger partial charge in [0.15, 0.2) is 5.82 Å².